The van der Waals surface area contributed by atoms with Crippen LogP contribution in [0.15, 0.2) is 28.4 Å². The van der Waals surface area contributed by atoms with Crippen LogP contribution in [0.2, 0.25) is 0 Å². The Bertz CT molecular complexity index is 261. The van der Waals surface area contributed by atoms with Gasteiger partial charge in [-0.1, -0.05) is 6.58 Å². The van der Waals surface area contributed by atoms with Crippen molar-refractivity contribution in [2.24, 2.45) is 10.7 Å². The molecule has 0 atom stereocenters. The summed E-state index contributed by atoms with van der Waals surface area (Å²) in [6.45, 7) is 4.82. The van der Waals surface area contributed by atoms with E-state index in [2.05, 4.69) is 11.6 Å². The Hall–Kier alpha value is -1.26. The summed E-state index contributed by atoms with van der Waals surface area (Å²) in [4.78, 5) is 3.47. The van der Waals surface area contributed by atoms with Gasteiger partial charge in [-0.2, -0.15) is 13.2 Å². The summed E-state index contributed by atoms with van der Waals surface area (Å²) in [5.74, 6) is 0. The molecule has 2 nitrogen and oxygen atoms in total. The van der Waals surface area contributed by atoms with Gasteiger partial charge in [-0.15, -0.1) is 0 Å². The van der Waals surface area contributed by atoms with Gasteiger partial charge in [-0.25, -0.2) is 0 Å². The average Bonchev–Trinajstić information content (AvgIpc) is 1.96. The number of nitrogens with zero attached hydrogens (tertiary/aromatic N) is 1. The summed E-state index contributed by atoms with van der Waals surface area (Å²) < 4.78 is 36.3. The zero-order valence-electron chi connectivity index (χ0n) is 7.44. The van der Waals surface area contributed by atoms with Gasteiger partial charge >= 0.3 is 6.18 Å². The van der Waals surface area contributed by atoms with E-state index in [9.17, 15) is 13.2 Å². The van der Waals surface area contributed by atoms with Crippen LogP contribution in [-0.2, 0) is 0 Å². The molecule has 0 heterocycles. The lowest BCUT2D eigenvalue weighted by atomic mass is 10.1. The summed E-state index contributed by atoms with van der Waals surface area (Å²) in [5, 5.41) is 0. The Labute approximate surface area is 74.6 Å². The Morgan fingerprint density at radius 3 is 2.15 bits per heavy atom. The number of aliphatic imine (C=N–C) groups is 1. The minimum Gasteiger partial charge on any atom is -0.394 e. The molecule has 0 aromatic carbocycles. The highest BCUT2D eigenvalue weighted by Crippen LogP contribution is 2.25. The molecule has 0 fully saturated rings. The average molecular weight is 192 g/mol. The fourth-order valence-electron chi connectivity index (χ4n) is 0.691. The third-order valence-electron chi connectivity index (χ3n) is 1.31. The monoisotopic (exact) mass is 192 g/mol. The molecule has 0 saturated heterocycles. The highest BCUT2D eigenvalue weighted by molar-refractivity contribution is 5.85. The van der Waals surface area contributed by atoms with Crippen LogP contribution in [0.1, 0.15) is 6.92 Å². The maximum atomic E-state index is 12.1. The lowest BCUT2D eigenvalue weighted by Crippen LogP contribution is -2.22. The number of nitrogens with two attached hydrogens (primary N) is 1. The topological polar surface area (TPSA) is 38.4 Å². The number of allylic oxidation sites excluding steroid dienone is 3. The van der Waals surface area contributed by atoms with Crippen LogP contribution in [0.4, 0.5) is 13.2 Å². The van der Waals surface area contributed by atoms with Crippen molar-refractivity contribution in [3.63, 3.8) is 0 Å². The van der Waals surface area contributed by atoms with Crippen molar-refractivity contribution in [3.8, 4) is 0 Å². The van der Waals surface area contributed by atoms with E-state index < -0.39 is 11.9 Å². The molecule has 0 aromatic heterocycles. The molecule has 0 rings (SSSR count). The second-order valence-electron chi connectivity index (χ2n) is 2.49. The Balaban J connectivity index is 5.22. The van der Waals surface area contributed by atoms with Gasteiger partial charge in [0.2, 0.25) is 0 Å². The van der Waals surface area contributed by atoms with Gasteiger partial charge in [-0.3, -0.25) is 4.99 Å². The molecule has 0 aliphatic carbocycles. The van der Waals surface area contributed by atoms with Crippen molar-refractivity contribution in [2.75, 3.05) is 7.05 Å². The van der Waals surface area contributed by atoms with Crippen molar-refractivity contribution < 1.29 is 13.2 Å². The summed E-state index contributed by atoms with van der Waals surface area (Å²) in [5.41, 5.74) is 3.79. The van der Waals surface area contributed by atoms with Gasteiger partial charge in [0.1, 0.15) is 5.70 Å². The van der Waals surface area contributed by atoms with E-state index in [1.165, 1.54) is 14.0 Å². The van der Waals surface area contributed by atoms with Crippen LogP contribution in [0.5, 0.6) is 0 Å². The molecule has 0 saturated carbocycles. The minimum absolute atomic E-state index is 0.171. The molecule has 0 unspecified atom stereocenters. The zero-order valence-corrected chi connectivity index (χ0v) is 7.44. The largest absolute Gasteiger partial charge is 0.431 e. The first kappa shape index (κ1) is 11.7. The van der Waals surface area contributed by atoms with E-state index in [1.807, 2.05) is 0 Å². The molecule has 13 heavy (non-hydrogen) atoms. The molecule has 0 aliphatic heterocycles. The second-order valence-corrected chi connectivity index (χ2v) is 2.49. The molecule has 0 bridgehead atoms. The van der Waals surface area contributed by atoms with E-state index >= 15 is 0 Å². The third-order valence-corrected chi connectivity index (χ3v) is 1.31. The summed E-state index contributed by atoms with van der Waals surface area (Å²) in [6, 6.07) is 0. The lowest BCUT2D eigenvalue weighted by molar-refractivity contribution is -0.0930. The first-order chi connectivity index (χ1) is 5.80. The smallest absolute Gasteiger partial charge is 0.394 e. The van der Waals surface area contributed by atoms with Crippen molar-refractivity contribution in [2.45, 2.75) is 13.1 Å². The van der Waals surface area contributed by atoms with E-state index in [4.69, 9.17) is 5.73 Å². The molecule has 0 spiro atoms. The molecular formula is C8H11F3N2. The maximum absolute atomic E-state index is 12.1. The van der Waals surface area contributed by atoms with Crippen LogP contribution in [0, 0.1) is 0 Å². The van der Waals surface area contributed by atoms with Gasteiger partial charge in [-0.05, 0) is 12.5 Å². The van der Waals surface area contributed by atoms with Crippen LogP contribution in [0.3, 0.4) is 0 Å². The predicted molar refractivity (Wildman–Crippen MR) is 46.5 cm³/mol. The van der Waals surface area contributed by atoms with E-state index in [1.54, 1.807) is 0 Å². The first-order valence-electron chi connectivity index (χ1n) is 3.45. The SMILES string of the molecule is C=C(C)/C(C=NC)=C(/N)C(F)(F)F. The Morgan fingerprint density at radius 2 is 1.92 bits per heavy atom. The number of hydrogen-bond acceptors (Lipinski definition) is 2. The fourth-order valence-corrected chi connectivity index (χ4v) is 0.691. The summed E-state index contributed by atoms with van der Waals surface area (Å²) in [7, 11) is 1.37. The molecule has 5 heteroatoms. The van der Waals surface area contributed by atoms with Gasteiger partial charge < -0.3 is 5.73 Å². The number of rotatable bonds is 2. The van der Waals surface area contributed by atoms with Gasteiger partial charge in [0, 0.05) is 18.8 Å². The van der Waals surface area contributed by atoms with E-state index in [0.29, 0.717) is 0 Å². The fraction of sp³-hybridized carbons (Fsp3) is 0.375. The van der Waals surface area contributed by atoms with Crippen molar-refractivity contribution in [1.29, 1.82) is 0 Å². The highest BCUT2D eigenvalue weighted by Gasteiger charge is 2.33. The summed E-state index contributed by atoms with van der Waals surface area (Å²) >= 11 is 0. The molecule has 2 N–H and O–H groups in total. The predicted octanol–water partition coefficient (Wildman–Crippen LogP) is 2.04. The molecule has 74 valence electrons. The second kappa shape index (κ2) is 4.11. The molecule has 0 aliphatic rings. The summed E-state index contributed by atoms with van der Waals surface area (Å²) in [6.07, 6.45) is -3.49. The van der Waals surface area contributed by atoms with Crippen LogP contribution >= 0.6 is 0 Å². The van der Waals surface area contributed by atoms with Gasteiger partial charge in [0.25, 0.3) is 0 Å². The Kier molecular flexibility index (Phi) is 3.71. The number of halogens is 3. The van der Waals surface area contributed by atoms with Gasteiger partial charge in [0.05, 0.1) is 0 Å². The molecule has 0 amide bonds. The number of hydrogen-bond donors (Lipinski definition) is 1. The van der Waals surface area contributed by atoms with E-state index in [0.717, 1.165) is 6.21 Å². The lowest BCUT2D eigenvalue weighted by Gasteiger charge is -2.10. The highest BCUT2D eigenvalue weighted by atomic mass is 19.4. The maximum Gasteiger partial charge on any atom is 0.431 e. The first-order valence-corrected chi connectivity index (χ1v) is 3.45. The van der Waals surface area contributed by atoms with Crippen LogP contribution < -0.4 is 5.73 Å². The number of alkyl halides is 3. The Morgan fingerprint density at radius 1 is 1.46 bits per heavy atom. The quantitative estimate of drug-likeness (QED) is 0.527. The van der Waals surface area contributed by atoms with Gasteiger partial charge in [0.15, 0.2) is 0 Å². The normalized spacial score (nSPS) is 14.5. The molecule has 0 aromatic rings. The van der Waals surface area contributed by atoms with Crippen molar-refractivity contribution >= 4 is 6.21 Å². The standard InChI is InChI=1S/C8H11F3N2/c1-5(2)6(4-13-3)7(12)8(9,10)11/h4H,1,12H2,2-3H3/b7-6+,13-4?. The van der Waals surface area contributed by atoms with Crippen molar-refractivity contribution in [3.05, 3.63) is 23.4 Å². The third kappa shape index (κ3) is 3.31. The van der Waals surface area contributed by atoms with Crippen molar-refractivity contribution in [1.82, 2.24) is 0 Å². The zero-order chi connectivity index (χ0) is 10.6. The minimum atomic E-state index is -4.53. The van der Waals surface area contributed by atoms with Crippen LogP contribution in [-0.4, -0.2) is 19.4 Å². The molecular weight excluding hydrogens is 181 g/mol. The molecule has 0 radical (unpaired) electrons. The van der Waals surface area contributed by atoms with E-state index in [-0.39, 0.29) is 11.1 Å². The van der Waals surface area contributed by atoms with Crippen LogP contribution in [0.25, 0.3) is 0 Å².